The van der Waals surface area contributed by atoms with Crippen molar-refractivity contribution < 1.29 is 28.6 Å². The maximum Gasteiger partial charge on any atom is 0.516 e. The van der Waals surface area contributed by atoms with Crippen LogP contribution >= 0.6 is 0 Å². The lowest BCUT2D eigenvalue weighted by atomic mass is 10.1. The van der Waals surface area contributed by atoms with Gasteiger partial charge in [0.1, 0.15) is 6.04 Å². The number of esters is 1. The van der Waals surface area contributed by atoms with Gasteiger partial charge in [-0.15, -0.1) is 0 Å². The number of benzene rings is 1. The molecule has 0 bridgehead atoms. The quantitative estimate of drug-likeness (QED) is 0.493. The number of nitrogens with zero attached hydrogens (tertiary/aromatic N) is 1. The highest BCUT2D eigenvalue weighted by atomic mass is 16.7. The average Bonchev–Trinajstić information content (AvgIpc) is 2.71. The normalized spacial score (nSPS) is 15.6. The molecule has 0 saturated carbocycles. The summed E-state index contributed by atoms with van der Waals surface area (Å²) < 4.78 is 15.0. The minimum absolute atomic E-state index is 0.125. The molecular formula is C21H30N2O6. The molecule has 0 aromatic heterocycles. The lowest BCUT2D eigenvalue weighted by Crippen LogP contribution is -2.48. The second-order valence-corrected chi connectivity index (χ2v) is 7.41. The number of carbonyl (C=O) groups is 3. The van der Waals surface area contributed by atoms with Gasteiger partial charge in [0, 0.05) is 13.1 Å². The van der Waals surface area contributed by atoms with E-state index in [4.69, 9.17) is 14.2 Å². The van der Waals surface area contributed by atoms with Gasteiger partial charge in [-0.1, -0.05) is 44.2 Å². The highest BCUT2D eigenvalue weighted by Crippen LogP contribution is 2.08. The Morgan fingerprint density at radius 1 is 1.14 bits per heavy atom. The molecule has 160 valence electrons. The summed E-state index contributed by atoms with van der Waals surface area (Å²) >= 11 is 0. The van der Waals surface area contributed by atoms with Gasteiger partial charge < -0.3 is 19.5 Å². The fraction of sp³-hybridized carbons (Fsp3) is 0.571. The first-order chi connectivity index (χ1) is 13.9. The second kappa shape index (κ2) is 12.2. The van der Waals surface area contributed by atoms with Crippen LogP contribution in [-0.2, 0) is 30.2 Å². The van der Waals surface area contributed by atoms with Gasteiger partial charge in [-0.05, 0) is 24.3 Å². The zero-order chi connectivity index (χ0) is 21.1. The first-order valence-corrected chi connectivity index (χ1v) is 9.96. The summed E-state index contributed by atoms with van der Waals surface area (Å²) in [5, 5.41) is 2.70. The average molecular weight is 406 g/mol. The summed E-state index contributed by atoms with van der Waals surface area (Å²) in [6.07, 6.45) is -0.176. The van der Waals surface area contributed by atoms with Gasteiger partial charge in [0.25, 0.3) is 0 Å². The Morgan fingerprint density at radius 3 is 2.48 bits per heavy atom. The number of rotatable bonds is 9. The number of nitrogens with one attached hydrogen (secondary N) is 1. The number of carbonyl (C=O) groups excluding carboxylic acids is 3. The monoisotopic (exact) mass is 406 g/mol. The molecule has 29 heavy (non-hydrogen) atoms. The van der Waals surface area contributed by atoms with Crippen LogP contribution in [0.4, 0.5) is 4.79 Å². The molecule has 1 N–H and O–H groups in total. The van der Waals surface area contributed by atoms with Crippen LogP contribution in [0.2, 0.25) is 0 Å². The SMILES string of the molecule is CC(C)COC(=O)OC(=O)[C@H](CCc1ccccc1)NC(=O)CN1CCOCC1. The number of hydrogen-bond donors (Lipinski definition) is 1. The van der Waals surface area contributed by atoms with Crippen LogP contribution in [0.15, 0.2) is 30.3 Å². The van der Waals surface area contributed by atoms with E-state index >= 15 is 0 Å². The molecular weight excluding hydrogens is 376 g/mol. The van der Waals surface area contributed by atoms with Crippen molar-refractivity contribution in [3.8, 4) is 0 Å². The maximum absolute atomic E-state index is 12.5. The molecule has 0 spiro atoms. The van der Waals surface area contributed by atoms with Crippen LogP contribution in [0.1, 0.15) is 25.8 Å². The number of aryl methyl sites for hydroxylation is 1. The largest absolute Gasteiger partial charge is 0.516 e. The third-order valence-electron chi connectivity index (χ3n) is 4.37. The van der Waals surface area contributed by atoms with Crippen molar-refractivity contribution in [1.82, 2.24) is 10.2 Å². The molecule has 1 aliphatic rings. The Balaban J connectivity index is 1.92. The molecule has 1 heterocycles. The Hall–Kier alpha value is -2.45. The third-order valence-corrected chi connectivity index (χ3v) is 4.37. The Bertz CT molecular complexity index is 658. The molecule has 2 rings (SSSR count). The Kier molecular flexibility index (Phi) is 9.59. The number of morpholine rings is 1. The number of ether oxygens (including phenoxy) is 3. The van der Waals surface area contributed by atoms with Crippen molar-refractivity contribution in [3.63, 3.8) is 0 Å². The molecule has 8 nitrogen and oxygen atoms in total. The van der Waals surface area contributed by atoms with Crippen LogP contribution in [0.5, 0.6) is 0 Å². The second-order valence-electron chi connectivity index (χ2n) is 7.41. The van der Waals surface area contributed by atoms with Crippen molar-refractivity contribution in [2.75, 3.05) is 39.5 Å². The van der Waals surface area contributed by atoms with E-state index in [2.05, 4.69) is 5.32 Å². The highest BCUT2D eigenvalue weighted by molar-refractivity contribution is 5.89. The molecule has 1 aliphatic heterocycles. The summed E-state index contributed by atoms with van der Waals surface area (Å²) in [6.45, 7) is 6.55. The van der Waals surface area contributed by atoms with Crippen LogP contribution < -0.4 is 5.32 Å². The molecule has 1 saturated heterocycles. The van der Waals surface area contributed by atoms with E-state index in [-0.39, 0.29) is 25.0 Å². The van der Waals surface area contributed by atoms with Crippen LogP contribution in [0.25, 0.3) is 0 Å². The summed E-state index contributed by atoms with van der Waals surface area (Å²) in [4.78, 5) is 38.6. The molecule has 0 radical (unpaired) electrons. The zero-order valence-electron chi connectivity index (χ0n) is 17.1. The zero-order valence-corrected chi connectivity index (χ0v) is 17.1. The fourth-order valence-electron chi connectivity index (χ4n) is 2.82. The van der Waals surface area contributed by atoms with Crippen LogP contribution in [0.3, 0.4) is 0 Å². The van der Waals surface area contributed by atoms with Gasteiger partial charge in [0.05, 0.1) is 26.4 Å². The van der Waals surface area contributed by atoms with E-state index in [0.717, 1.165) is 5.56 Å². The lowest BCUT2D eigenvalue weighted by molar-refractivity contribution is -0.145. The highest BCUT2D eigenvalue weighted by Gasteiger charge is 2.26. The summed E-state index contributed by atoms with van der Waals surface area (Å²) in [7, 11) is 0. The van der Waals surface area contributed by atoms with E-state index < -0.39 is 18.2 Å². The topological polar surface area (TPSA) is 94.2 Å². The van der Waals surface area contributed by atoms with Crippen LogP contribution in [0, 0.1) is 5.92 Å². The smallest absolute Gasteiger partial charge is 0.434 e. The third kappa shape index (κ3) is 9.06. The van der Waals surface area contributed by atoms with Gasteiger partial charge in [-0.2, -0.15) is 0 Å². The lowest BCUT2D eigenvalue weighted by Gasteiger charge is -2.26. The molecule has 1 atom stereocenters. The molecule has 0 unspecified atom stereocenters. The predicted octanol–water partition coefficient (Wildman–Crippen LogP) is 1.77. The fourth-order valence-corrected chi connectivity index (χ4v) is 2.82. The predicted molar refractivity (Wildman–Crippen MR) is 106 cm³/mol. The first kappa shape index (κ1) is 22.8. The van der Waals surface area contributed by atoms with E-state index in [0.29, 0.717) is 39.1 Å². The Morgan fingerprint density at radius 2 is 1.83 bits per heavy atom. The molecule has 1 aromatic rings. The van der Waals surface area contributed by atoms with Crippen molar-refractivity contribution in [3.05, 3.63) is 35.9 Å². The van der Waals surface area contributed by atoms with Crippen molar-refractivity contribution in [2.24, 2.45) is 5.92 Å². The molecule has 1 aromatic carbocycles. The first-order valence-electron chi connectivity index (χ1n) is 9.96. The number of hydrogen-bond acceptors (Lipinski definition) is 7. The molecule has 1 amide bonds. The van der Waals surface area contributed by atoms with Crippen molar-refractivity contribution in [1.29, 1.82) is 0 Å². The van der Waals surface area contributed by atoms with Crippen molar-refractivity contribution >= 4 is 18.0 Å². The molecule has 1 fully saturated rings. The minimum atomic E-state index is -1.05. The van der Waals surface area contributed by atoms with Gasteiger partial charge in [-0.3, -0.25) is 9.69 Å². The van der Waals surface area contributed by atoms with Gasteiger partial charge in [0.2, 0.25) is 5.91 Å². The maximum atomic E-state index is 12.5. The van der Waals surface area contributed by atoms with E-state index in [1.165, 1.54) is 0 Å². The number of amides is 1. The van der Waals surface area contributed by atoms with Crippen molar-refractivity contribution in [2.45, 2.75) is 32.7 Å². The van der Waals surface area contributed by atoms with Gasteiger partial charge >= 0.3 is 12.1 Å². The summed E-state index contributed by atoms with van der Waals surface area (Å²) in [6, 6.07) is 8.66. The van der Waals surface area contributed by atoms with E-state index in [1.54, 1.807) is 0 Å². The van der Waals surface area contributed by atoms with Gasteiger partial charge in [0.15, 0.2) is 0 Å². The molecule has 0 aliphatic carbocycles. The summed E-state index contributed by atoms with van der Waals surface area (Å²) in [5.74, 6) is -0.984. The van der Waals surface area contributed by atoms with E-state index in [9.17, 15) is 14.4 Å². The van der Waals surface area contributed by atoms with Gasteiger partial charge in [-0.25, -0.2) is 9.59 Å². The van der Waals surface area contributed by atoms with E-state index in [1.807, 2.05) is 49.1 Å². The standard InChI is InChI=1S/C21H30N2O6/c1-16(2)15-28-21(26)29-20(25)18(9-8-17-6-4-3-5-7-17)22-19(24)14-23-10-12-27-13-11-23/h3-7,16,18H,8-15H2,1-2H3,(H,22,24)/t18-/m0/s1. The minimum Gasteiger partial charge on any atom is -0.434 e. The summed E-state index contributed by atoms with van der Waals surface area (Å²) in [5.41, 5.74) is 1.02. The Labute approximate surface area is 171 Å². The van der Waals surface area contributed by atoms with Crippen LogP contribution in [-0.4, -0.2) is 68.4 Å². The molecule has 8 heteroatoms.